The molecule has 0 aromatic heterocycles. The molecule has 1 fully saturated rings. The van der Waals surface area contributed by atoms with Crippen LogP contribution in [0.3, 0.4) is 0 Å². The van der Waals surface area contributed by atoms with E-state index in [9.17, 15) is 0 Å². The lowest BCUT2D eigenvalue weighted by Gasteiger charge is -2.30. The molecular formula is C16H34N2. The van der Waals surface area contributed by atoms with Crippen LogP contribution in [-0.4, -0.2) is 37.6 Å². The minimum atomic E-state index is 0.770. The zero-order valence-corrected chi connectivity index (χ0v) is 12.9. The van der Waals surface area contributed by atoms with E-state index in [0.717, 1.165) is 18.5 Å². The van der Waals surface area contributed by atoms with Crippen LogP contribution >= 0.6 is 0 Å². The summed E-state index contributed by atoms with van der Waals surface area (Å²) in [5.74, 6) is 0.874. The molecule has 0 aliphatic heterocycles. The van der Waals surface area contributed by atoms with E-state index in [4.69, 9.17) is 0 Å². The molecule has 0 radical (unpaired) electrons. The average Bonchev–Trinajstić information content (AvgIpc) is 2.56. The monoisotopic (exact) mass is 254 g/mol. The quantitative estimate of drug-likeness (QED) is 0.525. The third-order valence-electron chi connectivity index (χ3n) is 4.31. The number of unbranched alkanes of at least 4 members (excludes halogenated alkanes) is 2. The summed E-state index contributed by atoms with van der Waals surface area (Å²) in [6.07, 6.45) is 11.2. The second-order valence-corrected chi connectivity index (χ2v) is 6.03. The summed E-state index contributed by atoms with van der Waals surface area (Å²) < 4.78 is 0. The van der Waals surface area contributed by atoms with E-state index in [1.165, 1.54) is 64.5 Å². The van der Waals surface area contributed by atoms with Gasteiger partial charge in [0.05, 0.1) is 0 Å². The third-order valence-corrected chi connectivity index (χ3v) is 4.31. The van der Waals surface area contributed by atoms with E-state index < -0.39 is 0 Å². The Bertz CT molecular complexity index is 194. The molecule has 0 spiro atoms. The minimum absolute atomic E-state index is 0.770. The Morgan fingerprint density at radius 2 is 1.83 bits per heavy atom. The zero-order chi connectivity index (χ0) is 13.2. The van der Waals surface area contributed by atoms with E-state index in [1.54, 1.807) is 0 Å². The fraction of sp³-hybridized carbons (Fsp3) is 1.00. The van der Waals surface area contributed by atoms with Crippen LogP contribution in [0.4, 0.5) is 0 Å². The summed E-state index contributed by atoms with van der Waals surface area (Å²) >= 11 is 0. The summed E-state index contributed by atoms with van der Waals surface area (Å²) in [7, 11) is 2.31. The maximum Gasteiger partial charge on any atom is 0.0107 e. The van der Waals surface area contributed by atoms with Crippen LogP contribution in [0.1, 0.15) is 65.2 Å². The highest BCUT2D eigenvalue weighted by Crippen LogP contribution is 2.24. The molecular weight excluding hydrogens is 220 g/mol. The van der Waals surface area contributed by atoms with Gasteiger partial charge in [0.15, 0.2) is 0 Å². The molecule has 0 bridgehead atoms. The number of nitrogens with zero attached hydrogens (tertiary/aromatic N) is 1. The summed E-state index contributed by atoms with van der Waals surface area (Å²) in [5.41, 5.74) is 0. The molecule has 0 heterocycles. The van der Waals surface area contributed by atoms with Gasteiger partial charge < -0.3 is 10.2 Å². The Labute approximate surface area is 115 Å². The van der Waals surface area contributed by atoms with E-state index in [0.29, 0.717) is 0 Å². The molecule has 0 amide bonds. The van der Waals surface area contributed by atoms with Crippen molar-refractivity contribution in [1.29, 1.82) is 0 Å². The highest BCUT2D eigenvalue weighted by Gasteiger charge is 2.23. The lowest BCUT2D eigenvalue weighted by molar-refractivity contribution is 0.222. The number of hydrogen-bond acceptors (Lipinski definition) is 2. The first-order valence-corrected chi connectivity index (χ1v) is 8.19. The topological polar surface area (TPSA) is 15.3 Å². The highest BCUT2D eigenvalue weighted by molar-refractivity contribution is 4.81. The van der Waals surface area contributed by atoms with Crippen molar-refractivity contribution in [3.8, 4) is 0 Å². The standard InChI is InChI=1S/C16H34N2/c1-4-6-10-13-18(3)14-15-11-8-7-9-12-16(15)17-5-2/h15-17H,4-14H2,1-3H3. The van der Waals surface area contributed by atoms with E-state index in [1.807, 2.05) is 0 Å². The molecule has 2 unspecified atom stereocenters. The maximum atomic E-state index is 3.72. The van der Waals surface area contributed by atoms with Crippen molar-refractivity contribution >= 4 is 0 Å². The molecule has 0 aromatic carbocycles. The summed E-state index contributed by atoms with van der Waals surface area (Å²) in [5, 5.41) is 3.72. The molecule has 1 saturated carbocycles. The van der Waals surface area contributed by atoms with Gasteiger partial charge in [-0.15, -0.1) is 0 Å². The Morgan fingerprint density at radius 3 is 2.56 bits per heavy atom. The van der Waals surface area contributed by atoms with E-state index >= 15 is 0 Å². The fourth-order valence-corrected chi connectivity index (χ4v) is 3.26. The molecule has 18 heavy (non-hydrogen) atoms. The first kappa shape index (κ1) is 16.0. The highest BCUT2D eigenvalue weighted by atomic mass is 15.1. The molecule has 2 heteroatoms. The Hall–Kier alpha value is -0.0800. The predicted octanol–water partition coefficient (Wildman–Crippen LogP) is 3.67. The van der Waals surface area contributed by atoms with Crippen molar-refractivity contribution in [3.63, 3.8) is 0 Å². The SMILES string of the molecule is CCCCCN(C)CC1CCCCCC1NCC. The second kappa shape index (κ2) is 9.80. The summed E-state index contributed by atoms with van der Waals surface area (Å²) in [4.78, 5) is 2.57. The number of hydrogen-bond donors (Lipinski definition) is 1. The van der Waals surface area contributed by atoms with Crippen LogP contribution in [0.25, 0.3) is 0 Å². The molecule has 1 rings (SSSR count). The van der Waals surface area contributed by atoms with Crippen LogP contribution in [0.2, 0.25) is 0 Å². The van der Waals surface area contributed by atoms with E-state index in [-0.39, 0.29) is 0 Å². The van der Waals surface area contributed by atoms with Gasteiger partial charge in [0.1, 0.15) is 0 Å². The lowest BCUT2D eigenvalue weighted by atomic mass is 9.94. The van der Waals surface area contributed by atoms with Gasteiger partial charge in [-0.1, -0.05) is 46.0 Å². The molecule has 0 aromatic rings. The van der Waals surface area contributed by atoms with E-state index in [2.05, 4.69) is 31.1 Å². The predicted molar refractivity (Wildman–Crippen MR) is 81.1 cm³/mol. The Kier molecular flexibility index (Phi) is 8.70. The zero-order valence-electron chi connectivity index (χ0n) is 12.9. The molecule has 1 aliphatic rings. The molecule has 2 nitrogen and oxygen atoms in total. The van der Waals surface area contributed by atoms with Crippen LogP contribution in [0.5, 0.6) is 0 Å². The second-order valence-electron chi connectivity index (χ2n) is 6.03. The van der Waals surface area contributed by atoms with Crippen molar-refractivity contribution < 1.29 is 0 Å². The fourth-order valence-electron chi connectivity index (χ4n) is 3.26. The van der Waals surface area contributed by atoms with Crippen LogP contribution < -0.4 is 5.32 Å². The molecule has 2 atom stereocenters. The van der Waals surface area contributed by atoms with Gasteiger partial charge in [0.2, 0.25) is 0 Å². The van der Waals surface area contributed by atoms with Gasteiger partial charge in [0, 0.05) is 12.6 Å². The normalized spacial score (nSPS) is 25.3. The lowest BCUT2D eigenvalue weighted by Crippen LogP contribution is -2.41. The molecule has 1 aliphatic carbocycles. The first-order valence-electron chi connectivity index (χ1n) is 8.19. The molecule has 108 valence electrons. The third kappa shape index (κ3) is 6.19. The van der Waals surface area contributed by atoms with Gasteiger partial charge in [-0.2, -0.15) is 0 Å². The van der Waals surface area contributed by atoms with Gasteiger partial charge in [-0.3, -0.25) is 0 Å². The van der Waals surface area contributed by atoms with Crippen molar-refractivity contribution in [3.05, 3.63) is 0 Å². The van der Waals surface area contributed by atoms with Crippen molar-refractivity contribution in [2.45, 2.75) is 71.3 Å². The maximum absolute atomic E-state index is 3.72. The smallest absolute Gasteiger partial charge is 0.0107 e. The largest absolute Gasteiger partial charge is 0.314 e. The molecule has 1 N–H and O–H groups in total. The van der Waals surface area contributed by atoms with Gasteiger partial charge in [-0.05, 0) is 45.3 Å². The Balaban J connectivity index is 2.34. The number of nitrogens with one attached hydrogen (secondary N) is 1. The summed E-state index contributed by atoms with van der Waals surface area (Å²) in [6, 6.07) is 0.770. The van der Waals surface area contributed by atoms with Gasteiger partial charge >= 0.3 is 0 Å². The van der Waals surface area contributed by atoms with Gasteiger partial charge in [0.25, 0.3) is 0 Å². The summed E-state index contributed by atoms with van der Waals surface area (Å²) in [6.45, 7) is 8.23. The van der Waals surface area contributed by atoms with Gasteiger partial charge in [-0.25, -0.2) is 0 Å². The minimum Gasteiger partial charge on any atom is -0.314 e. The average molecular weight is 254 g/mol. The van der Waals surface area contributed by atoms with Crippen LogP contribution in [0.15, 0.2) is 0 Å². The Morgan fingerprint density at radius 1 is 1.06 bits per heavy atom. The van der Waals surface area contributed by atoms with Crippen molar-refractivity contribution in [1.82, 2.24) is 10.2 Å². The first-order chi connectivity index (χ1) is 8.77. The molecule has 0 saturated heterocycles. The van der Waals surface area contributed by atoms with Crippen LogP contribution in [0, 0.1) is 5.92 Å². The number of rotatable bonds is 8. The van der Waals surface area contributed by atoms with Crippen molar-refractivity contribution in [2.24, 2.45) is 5.92 Å². The van der Waals surface area contributed by atoms with Crippen LogP contribution in [-0.2, 0) is 0 Å². The van der Waals surface area contributed by atoms with Crippen molar-refractivity contribution in [2.75, 3.05) is 26.7 Å².